The molecule has 0 amide bonds. The number of hydrogen-bond donors (Lipinski definition) is 0. The molecule has 1 aromatic rings. The molecule has 0 N–H and O–H groups in total. The van der Waals surface area contributed by atoms with Crippen LogP contribution in [-0.4, -0.2) is 18.0 Å². The molecular weight excluding hydrogens is 216 g/mol. The fraction of sp³-hybridized carbons (Fsp3) is 0.100. The van der Waals surface area contributed by atoms with E-state index >= 15 is 0 Å². The highest BCUT2D eigenvalue weighted by Crippen LogP contribution is 2.27. The lowest BCUT2D eigenvalue weighted by Gasteiger charge is -1.99. The van der Waals surface area contributed by atoms with Crippen LogP contribution in [0, 0.1) is 0 Å². The molecule has 1 heterocycles. The van der Waals surface area contributed by atoms with E-state index in [1.54, 1.807) is 12.1 Å². The van der Waals surface area contributed by atoms with E-state index in [-0.39, 0.29) is 6.61 Å². The highest BCUT2D eigenvalue weighted by Gasteiger charge is 2.23. The van der Waals surface area contributed by atoms with Crippen molar-refractivity contribution < 1.29 is 19.1 Å². The van der Waals surface area contributed by atoms with Crippen molar-refractivity contribution in [2.75, 3.05) is 0 Å². The van der Waals surface area contributed by atoms with Crippen molar-refractivity contribution in [3.05, 3.63) is 27.5 Å². The molecule has 5 heteroatoms. The number of allylic oxidation sites excluding steroid dienone is 1. The average molecular weight is 222 g/mol. The van der Waals surface area contributed by atoms with Crippen LogP contribution in [0.15, 0.2) is 12.1 Å². The number of hydrogen-bond acceptors (Lipinski definition) is 5. The van der Waals surface area contributed by atoms with Gasteiger partial charge in [-0.05, 0) is 18.2 Å². The fourth-order valence-corrected chi connectivity index (χ4v) is 2.29. The van der Waals surface area contributed by atoms with E-state index in [1.165, 1.54) is 17.4 Å². The third-order valence-corrected chi connectivity index (χ3v) is 3.03. The van der Waals surface area contributed by atoms with Crippen molar-refractivity contribution in [2.45, 2.75) is 6.61 Å². The van der Waals surface area contributed by atoms with Gasteiger partial charge in [0.15, 0.2) is 0 Å². The van der Waals surface area contributed by atoms with E-state index in [0.717, 1.165) is 9.75 Å². The first-order valence-corrected chi connectivity index (χ1v) is 4.98. The summed E-state index contributed by atoms with van der Waals surface area (Å²) in [4.78, 5) is 33.9. The quantitative estimate of drug-likeness (QED) is 0.569. The van der Waals surface area contributed by atoms with Crippen LogP contribution in [0.4, 0.5) is 0 Å². The SMILES string of the molecule is O=COCc1cc2c(s1)C=CC(=O)C2=O. The summed E-state index contributed by atoms with van der Waals surface area (Å²) in [6.45, 7) is 0.484. The van der Waals surface area contributed by atoms with E-state index in [2.05, 4.69) is 4.74 Å². The van der Waals surface area contributed by atoms with Crippen LogP contribution in [-0.2, 0) is 20.9 Å². The maximum Gasteiger partial charge on any atom is 0.293 e. The van der Waals surface area contributed by atoms with Crippen LogP contribution >= 0.6 is 11.3 Å². The van der Waals surface area contributed by atoms with Gasteiger partial charge in [0.2, 0.25) is 11.6 Å². The van der Waals surface area contributed by atoms with E-state index in [1.807, 2.05) is 0 Å². The molecule has 0 aromatic carbocycles. The molecule has 15 heavy (non-hydrogen) atoms. The number of thiophene rings is 1. The van der Waals surface area contributed by atoms with Gasteiger partial charge in [0.05, 0.1) is 0 Å². The Labute approximate surface area is 89.2 Å². The van der Waals surface area contributed by atoms with Gasteiger partial charge < -0.3 is 4.74 Å². The molecule has 0 atom stereocenters. The smallest absolute Gasteiger partial charge is 0.293 e. The third kappa shape index (κ3) is 1.73. The van der Waals surface area contributed by atoms with Gasteiger partial charge in [0.25, 0.3) is 6.47 Å². The number of carbonyl (C=O) groups is 3. The molecule has 0 unspecified atom stereocenters. The fourth-order valence-electron chi connectivity index (χ4n) is 1.31. The molecule has 1 aliphatic rings. The Balaban J connectivity index is 2.32. The Morgan fingerprint density at radius 2 is 2.13 bits per heavy atom. The van der Waals surface area contributed by atoms with Crippen molar-refractivity contribution in [1.29, 1.82) is 0 Å². The van der Waals surface area contributed by atoms with Crippen LogP contribution in [0.1, 0.15) is 20.1 Å². The number of ketones is 2. The molecule has 4 nitrogen and oxygen atoms in total. The van der Waals surface area contributed by atoms with E-state index in [0.29, 0.717) is 12.0 Å². The van der Waals surface area contributed by atoms with E-state index < -0.39 is 11.6 Å². The maximum absolute atomic E-state index is 11.4. The molecule has 1 aromatic heterocycles. The Kier molecular flexibility index (Phi) is 2.47. The molecule has 0 saturated carbocycles. The van der Waals surface area contributed by atoms with E-state index in [9.17, 15) is 14.4 Å². The van der Waals surface area contributed by atoms with Crippen LogP contribution in [0.5, 0.6) is 0 Å². The predicted molar refractivity (Wildman–Crippen MR) is 53.5 cm³/mol. The lowest BCUT2D eigenvalue weighted by atomic mass is 10.0. The first kappa shape index (κ1) is 9.79. The monoisotopic (exact) mass is 222 g/mol. The van der Waals surface area contributed by atoms with Gasteiger partial charge in [-0.2, -0.15) is 0 Å². The van der Waals surface area contributed by atoms with Crippen molar-refractivity contribution in [3.63, 3.8) is 0 Å². The molecule has 0 radical (unpaired) electrons. The second-order valence-corrected chi connectivity index (χ2v) is 4.09. The first-order chi connectivity index (χ1) is 7.22. The van der Waals surface area contributed by atoms with Crippen LogP contribution in [0.3, 0.4) is 0 Å². The zero-order valence-corrected chi connectivity index (χ0v) is 8.37. The van der Waals surface area contributed by atoms with Gasteiger partial charge in [0, 0.05) is 15.3 Å². The zero-order chi connectivity index (χ0) is 10.8. The van der Waals surface area contributed by atoms with Gasteiger partial charge in [-0.25, -0.2) is 0 Å². The lowest BCUT2D eigenvalue weighted by Crippen LogP contribution is -2.14. The third-order valence-electron chi connectivity index (χ3n) is 1.96. The number of Topliss-reactive ketones (excluding diaryl/α,β-unsaturated/α-hetero) is 1. The van der Waals surface area contributed by atoms with Gasteiger partial charge >= 0.3 is 0 Å². The van der Waals surface area contributed by atoms with Crippen LogP contribution in [0.25, 0.3) is 6.08 Å². The van der Waals surface area contributed by atoms with Gasteiger partial charge in [-0.1, -0.05) is 0 Å². The Morgan fingerprint density at radius 3 is 2.87 bits per heavy atom. The Hall–Kier alpha value is -1.75. The minimum atomic E-state index is -0.511. The molecule has 0 spiro atoms. The maximum atomic E-state index is 11.4. The largest absolute Gasteiger partial charge is 0.462 e. The Bertz CT molecular complexity index is 470. The second-order valence-electron chi connectivity index (χ2n) is 2.92. The van der Waals surface area contributed by atoms with Crippen molar-refractivity contribution in [3.8, 4) is 0 Å². The van der Waals surface area contributed by atoms with Crippen molar-refractivity contribution >= 4 is 35.5 Å². The normalized spacial score (nSPS) is 13.9. The molecule has 0 bridgehead atoms. The molecule has 0 fully saturated rings. The highest BCUT2D eigenvalue weighted by molar-refractivity contribution is 7.13. The summed E-state index contributed by atoms with van der Waals surface area (Å²) in [6, 6.07) is 1.59. The van der Waals surface area contributed by atoms with Crippen molar-refractivity contribution in [1.82, 2.24) is 0 Å². The summed E-state index contributed by atoms with van der Waals surface area (Å²) in [5.74, 6) is -1.01. The molecule has 2 rings (SSSR count). The standard InChI is InChI=1S/C10H6O4S/c11-5-14-4-6-3-7-9(15-6)2-1-8(12)10(7)13/h1-3,5H,4H2. The molecule has 1 aliphatic carbocycles. The number of rotatable bonds is 3. The highest BCUT2D eigenvalue weighted by atomic mass is 32.1. The number of fused-ring (bicyclic) bond motifs is 1. The lowest BCUT2D eigenvalue weighted by molar-refractivity contribution is -0.129. The number of carbonyl (C=O) groups excluding carboxylic acids is 3. The summed E-state index contributed by atoms with van der Waals surface area (Å²) in [5.41, 5.74) is 0.400. The predicted octanol–water partition coefficient (Wildman–Crippen LogP) is 1.20. The summed E-state index contributed by atoms with van der Waals surface area (Å²) < 4.78 is 4.57. The summed E-state index contributed by atoms with van der Waals surface area (Å²) in [5, 5.41) is 0. The summed E-state index contributed by atoms with van der Waals surface area (Å²) >= 11 is 1.34. The van der Waals surface area contributed by atoms with Crippen LogP contribution in [0.2, 0.25) is 0 Å². The topological polar surface area (TPSA) is 60.4 Å². The molecule has 0 saturated heterocycles. The van der Waals surface area contributed by atoms with Gasteiger partial charge in [-0.15, -0.1) is 11.3 Å². The molecule has 0 aliphatic heterocycles. The summed E-state index contributed by atoms with van der Waals surface area (Å²) in [6.07, 6.45) is 2.86. The first-order valence-electron chi connectivity index (χ1n) is 4.17. The summed E-state index contributed by atoms with van der Waals surface area (Å²) in [7, 11) is 0. The van der Waals surface area contributed by atoms with Gasteiger partial charge in [-0.3, -0.25) is 14.4 Å². The molecular formula is C10H6O4S. The number of ether oxygens (including phenoxy) is 1. The van der Waals surface area contributed by atoms with Gasteiger partial charge in [0.1, 0.15) is 6.61 Å². The average Bonchev–Trinajstić information content (AvgIpc) is 2.64. The second kappa shape index (κ2) is 3.78. The van der Waals surface area contributed by atoms with Crippen LogP contribution < -0.4 is 0 Å². The minimum absolute atomic E-state index is 0.135. The minimum Gasteiger partial charge on any atom is -0.462 e. The molecule has 76 valence electrons. The van der Waals surface area contributed by atoms with E-state index in [4.69, 9.17) is 0 Å². The zero-order valence-electron chi connectivity index (χ0n) is 7.56. The van der Waals surface area contributed by atoms with Crippen molar-refractivity contribution in [2.24, 2.45) is 0 Å². The Morgan fingerprint density at radius 1 is 1.33 bits per heavy atom.